The van der Waals surface area contributed by atoms with E-state index in [9.17, 15) is 36.8 Å². The van der Waals surface area contributed by atoms with Crippen LogP contribution in [-0.4, -0.2) is 121 Å². The molecule has 0 spiro atoms. The largest absolute Gasteiger partial charge is 0.382 e. The van der Waals surface area contributed by atoms with Crippen molar-refractivity contribution in [3.05, 3.63) is 69.6 Å². The number of benzene rings is 2. The lowest BCUT2D eigenvalue weighted by atomic mass is 10.0. The molecule has 5 amide bonds. The fraction of sp³-hybridized carbons (Fsp3) is 0.432. The highest BCUT2D eigenvalue weighted by molar-refractivity contribution is 9.10. The van der Waals surface area contributed by atoms with Crippen LogP contribution >= 0.6 is 15.9 Å². The van der Waals surface area contributed by atoms with Crippen molar-refractivity contribution in [1.29, 1.82) is 0 Å². The first kappa shape index (κ1) is 43.4. The normalized spacial score (nSPS) is 17.5. The predicted molar refractivity (Wildman–Crippen MR) is 215 cm³/mol. The summed E-state index contributed by atoms with van der Waals surface area (Å²) in [6.07, 6.45) is 2.60. The van der Waals surface area contributed by atoms with Gasteiger partial charge in [-0.05, 0) is 59.5 Å². The molecule has 59 heavy (non-hydrogen) atoms. The molecule has 3 aliphatic rings. The van der Waals surface area contributed by atoms with E-state index in [0.717, 1.165) is 4.90 Å². The molecule has 1 aromatic heterocycles. The Bertz CT molecular complexity index is 2190. The van der Waals surface area contributed by atoms with E-state index in [1.807, 2.05) is 0 Å². The molecule has 3 aromatic rings. The average Bonchev–Trinajstić information content (AvgIpc) is 3.46. The van der Waals surface area contributed by atoms with Crippen LogP contribution in [0, 0.1) is 5.82 Å². The Balaban J connectivity index is 0.875. The van der Waals surface area contributed by atoms with Crippen molar-refractivity contribution in [2.24, 2.45) is 5.73 Å². The molecule has 0 saturated carbocycles. The number of rotatable bonds is 19. The molecule has 0 radical (unpaired) electrons. The van der Waals surface area contributed by atoms with Gasteiger partial charge in [0.1, 0.15) is 17.7 Å². The Morgan fingerprint density at radius 3 is 2.53 bits per heavy atom. The molecule has 0 aliphatic carbocycles. The van der Waals surface area contributed by atoms with E-state index in [1.165, 1.54) is 16.4 Å². The SMILES string of the molecule is NCOCc1c(F)cccc1Nc1nc(NC2CCN(S(=O)(=O)CCNC(=O)CCOCCNc3cccc4c3C(=O)N(C3CCC(=O)NC3=O)C4=O)CC2)ncc1Br. The van der Waals surface area contributed by atoms with Gasteiger partial charge < -0.3 is 36.5 Å². The molecule has 3 aliphatic heterocycles. The molecular weight excluding hydrogens is 859 g/mol. The monoisotopic (exact) mass is 902 g/mol. The summed E-state index contributed by atoms with van der Waals surface area (Å²) >= 11 is 3.42. The van der Waals surface area contributed by atoms with Crippen molar-refractivity contribution in [3.8, 4) is 0 Å². The van der Waals surface area contributed by atoms with Crippen molar-refractivity contribution in [2.75, 3.05) is 67.8 Å². The van der Waals surface area contributed by atoms with E-state index in [-0.39, 0.29) is 101 Å². The third kappa shape index (κ3) is 10.7. The van der Waals surface area contributed by atoms with Gasteiger partial charge in [0, 0.05) is 68.2 Å². The third-order valence-corrected chi connectivity index (χ3v) is 12.3. The number of imide groups is 2. The molecule has 2 fully saturated rings. The highest BCUT2D eigenvalue weighted by Gasteiger charge is 2.45. The average molecular weight is 904 g/mol. The molecular formula is C37H44BrFN10O9S. The van der Waals surface area contributed by atoms with E-state index < -0.39 is 45.5 Å². The second-order valence-corrected chi connectivity index (χ2v) is 16.7. The first-order chi connectivity index (χ1) is 28.4. The van der Waals surface area contributed by atoms with Gasteiger partial charge in [0.2, 0.25) is 33.7 Å². The maximum absolute atomic E-state index is 14.5. The zero-order chi connectivity index (χ0) is 42.1. The van der Waals surface area contributed by atoms with Crippen molar-refractivity contribution in [2.45, 2.75) is 50.8 Å². The number of nitrogens with two attached hydrogens (primary N) is 1. The van der Waals surface area contributed by atoms with Gasteiger partial charge in [-0.3, -0.25) is 34.2 Å². The lowest BCUT2D eigenvalue weighted by molar-refractivity contribution is -0.136. The van der Waals surface area contributed by atoms with Gasteiger partial charge in [-0.25, -0.2) is 22.1 Å². The molecule has 0 bridgehead atoms. The number of hydrogen-bond acceptors (Lipinski definition) is 15. The quantitative estimate of drug-likeness (QED) is 0.0570. The van der Waals surface area contributed by atoms with Crippen LogP contribution in [0.4, 0.5) is 27.5 Å². The van der Waals surface area contributed by atoms with Gasteiger partial charge in [0.15, 0.2) is 0 Å². The van der Waals surface area contributed by atoms with Crippen molar-refractivity contribution in [1.82, 2.24) is 29.8 Å². The number of aromatic nitrogens is 2. The zero-order valence-electron chi connectivity index (χ0n) is 31.8. The first-order valence-electron chi connectivity index (χ1n) is 18.9. The van der Waals surface area contributed by atoms with Crippen LogP contribution in [0.3, 0.4) is 0 Å². The van der Waals surface area contributed by atoms with E-state index in [0.29, 0.717) is 46.0 Å². The number of carbonyl (C=O) groups excluding carboxylic acids is 5. The third-order valence-electron chi connectivity index (χ3n) is 9.85. The molecule has 2 aromatic carbocycles. The van der Waals surface area contributed by atoms with Crippen LogP contribution in [0.5, 0.6) is 0 Å². The zero-order valence-corrected chi connectivity index (χ0v) is 34.2. The van der Waals surface area contributed by atoms with Gasteiger partial charge in [0.25, 0.3) is 11.8 Å². The summed E-state index contributed by atoms with van der Waals surface area (Å²) in [7, 11) is -3.65. The first-order valence-corrected chi connectivity index (χ1v) is 21.3. The van der Waals surface area contributed by atoms with Crippen LogP contribution in [0.2, 0.25) is 0 Å². The minimum Gasteiger partial charge on any atom is -0.382 e. The van der Waals surface area contributed by atoms with E-state index in [1.54, 1.807) is 30.5 Å². The summed E-state index contributed by atoms with van der Waals surface area (Å²) < 4.78 is 53.3. The van der Waals surface area contributed by atoms with Crippen LogP contribution in [0.1, 0.15) is 58.4 Å². The smallest absolute Gasteiger partial charge is 0.264 e. The van der Waals surface area contributed by atoms with Gasteiger partial charge in [-0.15, -0.1) is 0 Å². The molecule has 2 saturated heterocycles. The van der Waals surface area contributed by atoms with Crippen LogP contribution in [0.15, 0.2) is 47.1 Å². The summed E-state index contributed by atoms with van der Waals surface area (Å²) in [6.45, 7) is 0.808. The molecule has 4 heterocycles. The maximum Gasteiger partial charge on any atom is 0.264 e. The Kier molecular flexibility index (Phi) is 14.5. The maximum atomic E-state index is 14.5. The number of amides is 5. The summed E-state index contributed by atoms with van der Waals surface area (Å²) in [4.78, 5) is 72.3. The van der Waals surface area contributed by atoms with Gasteiger partial charge in [-0.1, -0.05) is 12.1 Å². The Morgan fingerprint density at radius 2 is 1.76 bits per heavy atom. The van der Waals surface area contributed by atoms with Gasteiger partial charge in [0.05, 0.1) is 47.9 Å². The number of hydrogen-bond donors (Lipinski definition) is 6. The number of piperidine rings is 2. The highest BCUT2D eigenvalue weighted by atomic mass is 79.9. The minimum absolute atomic E-state index is 0.00673. The number of nitrogens with zero attached hydrogens (tertiary/aromatic N) is 4. The summed E-state index contributed by atoms with van der Waals surface area (Å²) in [5, 5.41) is 14.2. The number of nitrogens with one attached hydrogen (secondary N) is 5. The fourth-order valence-corrected chi connectivity index (χ4v) is 8.50. The summed E-state index contributed by atoms with van der Waals surface area (Å²) in [5.74, 6) is -2.79. The lowest BCUT2D eigenvalue weighted by Crippen LogP contribution is -2.54. The predicted octanol–water partition coefficient (Wildman–Crippen LogP) is 1.80. The van der Waals surface area contributed by atoms with E-state index in [4.69, 9.17) is 15.2 Å². The molecule has 6 rings (SSSR count). The Morgan fingerprint density at radius 1 is 1.00 bits per heavy atom. The van der Waals surface area contributed by atoms with Crippen molar-refractivity contribution >= 4 is 78.6 Å². The van der Waals surface area contributed by atoms with Crippen molar-refractivity contribution in [3.63, 3.8) is 0 Å². The number of fused-ring (bicyclic) bond motifs is 1. The Hall–Kier alpha value is -5.13. The molecule has 1 unspecified atom stereocenters. The molecule has 22 heteroatoms. The van der Waals surface area contributed by atoms with Crippen LogP contribution in [-0.2, 0) is 40.5 Å². The number of carbonyl (C=O) groups is 5. The second kappa shape index (κ2) is 19.7. The van der Waals surface area contributed by atoms with Crippen LogP contribution in [0.25, 0.3) is 0 Å². The standard InChI is InChI=1S/C37H44BrFN10O9S/c38-25-19-43-37(47-33(25)45-27-5-2-4-26(39)24(27)20-58-21-40)44-22-9-14-48(15-10-22)59(55,56)18-13-42-30(50)11-16-57-17-12-41-28-6-1-3-23-32(28)36(54)49(35(23)53)29-7-8-31(51)46-34(29)52/h1-6,19,22,29,41H,7-18,20-21,40H2,(H,42,50)(H,46,51,52)(H2,43,44,45,47). The lowest BCUT2D eigenvalue weighted by Gasteiger charge is -2.31. The van der Waals surface area contributed by atoms with Gasteiger partial charge in [-0.2, -0.15) is 4.98 Å². The second-order valence-electron chi connectivity index (χ2n) is 13.7. The molecule has 1 atom stereocenters. The highest BCUT2D eigenvalue weighted by Crippen LogP contribution is 2.33. The van der Waals surface area contributed by atoms with Gasteiger partial charge >= 0.3 is 0 Å². The van der Waals surface area contributed by atoms with Crippen molar-refractivity contribution < 1.29 is 46.3 Å². The van der Waals surface area contributed by atoms with Crippen LogP contribution < -0.4 is 32.3 Å². The summed E-state index contributed by atoms with van der Waals surface area (Å²) in [5.41, 5.74) is 6.82. The topological polar surface area (TPSA) is 256 Å². The minimum atomic E-state index is -3.65. The number of anilines is 4. The molecule has 19 nitrogen and oxygen atoms in total. The summed E-state index contributed by atoms with van der Waals surface area (Å²) in [6, 6.07) is 8.13. The molecule has 7 N–H and O–H groups in total. The Labute approximate surface area is 347 Å². The number of sulfonamides is 1. The van der Waals surface area contributed by atoms with E-state index >= 15 is 0 Å². The molecule has 316 valence electrons. The number of halogens is 2. The van der Waals surface area contributed by atoms with E-state index in [2.05, 4.69) is 52.5 Å². The fourth-order valence-electron chi connectivity index (χ4n) is 6.82. The number of ether oxygens (including phenoxy) is 2.